The number of fused-ring (bicyclic) bond motifs is 3. The second-order valence-corrected chi connectivity index (χ2v) is 8.19. The molecule has 0 radical (unpaired) electrons. The van der Waals surface area contributed by atoms with Crippen LogP contribution in [0.2, 0.25) is 0 Å². The Kier molecular flexibility index (Phi) is 5.71. The van der Waals surface area contributed by atoms with Gasteiger partial charge in [0.15, 0.2) is 5.16 Å². The zero-order valence-electron chi connectivity index (χ0n) is 16.6. The average molecular weight is 412 g/mol. The van der Waals surface area contributed by atoms with Crippen LogP contribution in [0.25, 0.3) is 16.7 Å². The highest BCUT2D eigenvalue weighted by Crippen LogP contribution is 2.26. The molecule has 29 heavy (non-hydrogen) atoms. The summed E-state index contributed by atoms with van der Waals surface area (Å²) < 4.78 is 3.43. The highest BCUT2D eigenvalue weighted by molar-refractivity contribution is 7.99. The molecule has 2 heterocycles. The van der Waals surface area contributed by atoms with Crippen molar-refractivity contribution in [1.82, 2.24) is 24.1 Å². The fourth-order valence-corrected chi connectivity index (χ4v) is 5.01. The van der Waals surface area contributed by atoms with Gasteiger partial charge in [0.05, 0.1) is 16.7 Å². The van der Waals surface area contributed by atoms with Gasteiger partial charge < -0.3 is 4.90 Å². The predicted octanol–water partition coefficient (Wildman–Crippen LogP) is 3.11. The Balaban J connectivity index is 1.69. The first-order chi connectivity index (χ1) is 14.2. The molecule has 0 unspecified atom stereocenters. The Hall–Kier alpha value is -2.61. The molecule has 1 aromatic carbocycles. The fourth-order valence-electron chi connectivity index (χ4n) is 4.18. The van der Waals surface area contributed by atoms with Crippen molar-refractivity contribution in [1.29, 1.82) is 0 Å². The highest BCUT2D eigenvalue weighted by Gasteiger charge is 2.26. The van der Waals surface area contributed by atoms with Crippen molar-refractivity contribution in [2.45, 2.75) is 50.4 Å². The van der Waals surface area contributed by atoms with E-state index < -0.39 is 0 Å². The van der Waals surface area contributed by atoms with Crippen LogP contribution in [0, 0.1) is 0 Å². The number of allylic oxidation sites excluding steroid dienone is 1. The molecule has 152 valence electrons. The van der Waals surface area contributed by atoms with E-state index in [2.05, 4.69) is 16.8 Å². The number of amides is 1. The molecule has 3 aromatic rings. The number of hydrogen-bond donors (Lipinski definition) is 0. The normalized spacial score (nSPS) is 14.7. The Morgan fingerprint density at radius 2 is 2.07 bits per heavy atom. The molecule has 0 bridgehead atoms. The van der Waals surface area contributed by atoms with Crippen LogP contribution < -0.4 is 5.56 Å². The van der Waals surface area contributed by atoms with Crippen LogP contribution in [0.4, 0.5) is 0 Å². The Morgan fingerprint density at radius 3 is 2.79 bits per heavy atom. The summed E-state index contributed by atoms with van der Waals surface area (Å²) >= 11 is 1.37. The van der Waals surface area contributed by atoms with E-state index >= 15 is 0 Å². The number of carbonyl (C=O) groups is 1. The summed E-state index contributed by atoms with van der Waals surface area (Å²) in [6.07, 6.45) is 6.25. The van der Waals surface area contributed by atoms with Crippen molar-refractivity contribution in [3.8, 4) is 0 Å². The summed E-state index contributed by atoms with van der Waals surface area (Å²) in [7, 11) is 0. The minimum Gasteiger partial charge on any atom is -0.339 e. The maximum absolute atomic E-state index is 12.9. The first-order valence-corrected chi connectivity index (χ1v) is 11.0. The second-order valence-electron chi connectivity index (χ2n) is 7.25. The van der Waals surface area contributed by atoms with Crippen LogP contribution in [0.1, 0.15) is 32.6 Å². The standard InChI is InChI=1S/C21H25N5O2S/c1-3-13-25-19(28)16-11-7-8-12-17(16)26-20(25)22-23-21(26)29-14-18(27)24(4-2)15-9-5-6-10-15/h3,7-8,11-12,15H,1,4-6,9-10,13-14H2,2H3. The third-order valence-corrected chi connectivity index (χ3v) is 6.45. The lowest BCUT2D eigenvalue weighted by Gasteiger charge is -2.27. The summed E-state index contributed by atoms with van der Waals surface area (Å²) in [6.45, 7) is 6.86. The monoisotopic (exact) mass is 411 g/mol. The number of thioether (sulfide) groups is 1. The third kappa shape index (κ3) is 3.57. The molecule has 1 fully saturated rings. The molecule has 0 atom stereocenters. The first kappa shape index (κ1) is 19.7. The molecule has 1 aliphatic carbocycles. The summed E-state index contributed by atoms with van der Waals surface area (Å²) in [6, 6.07) is 7.78. The number of nitrogens with zero attached hydrogens (tertiary/aromatic N) is 5. The topological polar surface area (TPSA) is 72.5 Å². The van der Waals surface area contributed by atoms with E-state index in [4.69, 9.17) is 0 Å². The first-order valence-electron chi connectivity index (χ1n) is 10.1. The van der Waals surface area contributed by atoms with Gasteiger partial charge in [0.25, 0.3) is 5.56 Å². The van der Waals surface area contributed by atoms with E-state index in [9.17, 15) is 9.59 Å². The Labute approximate surface area is 173 Å². The van der Waals surface area contributed by atoms with Gasteiger partial charge in [-0.15, -0.1) is 16.8 Å². The van der Waals surface area contributed by atoms with Crippen LogP contribution in [0.15, 0.2) is 46.9 Å². The largest absolute Gasteiger partial charge is 0.339 e. The van der Waals surface area contributed by atoms with Crippen molar-refractivity contribution in [3.63, 3.8) is 0 Å². The zero-order chi connectivity index (χ0) is 20.4. The molecule has 7 nitrogen and oxygen atoms in total. The molecular formula is C21H25N5O2S. The van der Waals surface area contributed by atoms with Crippen LogP contribution in [-0.4, -0.2) is 48.3 Å². The summed E-state index contributed by atoms with van der Waals surface area (Å²) in [5, 5.41) is 9.76. The smallest absolute Gasteiger partial charge is 0.263 e. The quantitative estimate of drug-likeness (QED) is 0.441. The molecule has 0 N–H and O–H groups in total. The fraction of sp³-hybridized carbons (Fsp3) is 0.429. The second kappa shape index (κ2) is 8.41. The lowest BCUT2D eigenvalue weighted by Crippen LogP contribution is -2.39. The summed E-state index contributed by atoms with van der Waals surface area (Å²) in [5.74, 6) is 0.900. The zero-order valence-corrected chi connectivity index (χ0v) is 17.4. The van der Waals surface area contributed by atoms with Gasteiger partial charge in [-0.25, -0.2) is 0 Å². The van der Waals surface area contributed by atoms with Crippen molar-refractivity contribution in [3.05, 3.63) is 47.3 Å². The van der Waals surface area contributed by atoms with E-state index in [1.54, 1.807) is 16.7 Å². The SMILES string of the molecule is C=CCn1c(=O)c2ccccc2n2c(SCC(=O)N(CC)C3CCCC3)nnc12. The van der Waals surface area contributed by atoms with E-state index in [-0.39, 0.29) is 11.5 Å². The molecule has 1 aliphatic rings. The number of aromatic nitrogens is 4. The van der Waals surface area contributed by atoms with Crippen LogP contribution in [0.5, 0.6) is 0 Å². The van der Waals surface area contributed by atoms with Crippen molar-refractivity contribution >= 4 is 34.3 Å². The molecular weight excluding hydrogens is 386 g/mol. The summed E-state index contributed by atoms with van der Waals surface area (Å²) in [5.41, 5.74) is 0.627. The van der Waals surface area contributed by atoms with E-state index in [0.29, 0.717) is 34.7 Å². The third-order valence-electron chi connectivity index (χ3n) is 5.54. The maximum Gasteiger partial charge on any atom is 0.263 e. The molecule has 0 saturated heterocycles. The summed E-state index contributed by atoms with van der Waals surface area (Å²) in [4.78, 5) is 27.7. The van der Waals surface area contributed by atoms with Gasteiger partial charge in [-0.05, 0) is 31.9 Å². The number of hydrogen-bond acceptors (Lipinski definition) is 5. The number of benzene rings is 1. The molecule has 2 aromatic heterocycles. The van der Waals surface area contributed by atoms with Gasteiger partial charge >= 0.3 is 0 Å². The van der Waals surface area contributed by atoms with Gasteiger partial charge in [-0.1, -0.05) is 42.8 Å². The van der Waals surface area contributed by atoms with Crippen molar-refractivity contribution in [2.75, 3.05) is 12.3 Å². The number of rotatable bonds is 7. The Morgan fingerprint density at radius 1 is 1.31 bits per heavy atom. The lowest BCUT2D eigenvalue weighted by molar-refractivity contribution is -0.130. The van der Waals surface area contributed by atoms with Gasteiger partial charge in [-0.2, -0.15) is 0 Å². The molecule has 0 aliphatic heterocycles. The molecule has 8 heteroatoms. The average Bonchev–Trinajstić information content (AvgIpc) is 3.40. The van der Waals surface area contributed by atoms with E-state index in [1.807, 2.05) is 34.4 Å². The predicted molar refractivity (Wildman–Crippen MR) is 115 cm³/mol. The molecule has 1 amide bonds. The maximum atomic E-state index is 12.9. The molecule has 1 saturated carbocycles. The van der Waals surface area contributed by atoms with Gasteiger partial charge in [0, 0.05) is 19.1 Å². The van der Waals surface area contributed by atoms with Crippen LogP contribution in [0.3, 0.4) is 0 Å². The van der Waals surface area contributed by atoms with E-state index in [0.717, 1.165) is 24.9 Å². The van der Waals surface area contributed by atoms with Gasteiger partial charge in [-0.3, -0.25) is 18.6 Å². The van der Waals surface area contributed by atoms with Crippen molar-refractivity contribution < 1.29 is 4.79 Å². The van der Waals surface area contributed by atoms with E-state index in [1.165, 1.54) is 24.6 Å². The Bertz CT molecular complexity index is 1110. The molecule has 4 rings (SSSR count). The minimum absolute atomic E-state index is 0.119. The number of carbonyl (C=O) groups excluding carboxylic acids is 1. The highest BCUT2D eigenvalue weighted by atomic mass is 32.2. The van der Waals surface area contributed by atoms with Crippen LogP contribution in [-0.2, 0) is 11.3 Å². The van der Waals surface area contributed by atoms with Gasteiger partial charge in [0.1, 0.15) is 0 Å². The minimum atomic E-state index is -0.119. The van der Waals surface area contributed by atoms with Gasteiger partial charge in [0.2, 0.25) is 11.7 Å². The lowest BCUT2D eigenvalue weighted by atomic mass is 10.2. The van der Waals surface area contributed by atoms with Crippen molar-refractivity contribution in [2.24, 2.45) is 0 Å². The van der Waals surface area contributed by atoms with Crippen LogP contribution >= 0.6 is 11.8 Å². The molecule has 0 spiro atoms. The number of para-hydroxylation sites is 1.